The fourth-order valence-electron chi connectivity index (χ4n) is 3.78. The van der Waals surface area contributed by atoms with Gasteiger partial charge in [0, 0.05) is 12.6 Å². The number of hydrogen-bond acceptors (Lipinski definition) is 5. The predicted molar refractivity (Wildman–Crippen MR) is 123 cm³/mol. The number of carbonyl (C=O) groups is 2. The van der Waals surface area contributed by atoms with Crippen molar-refractivity contribution in [2.45, 2.75) is 31.8 Å². The van der Waals surface area contributed by atoms with Crippen molar-refractivity contribution in [1.82, 2.24) is 15.2 Å². The zero-order valence-corrected chi connectivity index (χ0v) is 18.4. The Hall–Kier alpha value is -3.19. The molecule has 31 heavy (non-hydrogen) atoms. The second kappa shape index (κ2) is 9.31. The Kier molecular flexibility index (Phi) is 6.32. The van der Waals surface area contributed by atoms with Crippen molar-refractivity contribution in [3.05, 3.63) is 65.2 Å². The Morgan fingerprint density at radius 1 is 1.23 bits per heavy atom. The van der Waals surface area contributed by atoms with Gasteiger partial charge in [0.25, 0.3) is 0 Å². The predicted octanol–water partition coefficient (Wildman–Crippen LogP) is 4.19. The number of fused-ring (bicyclic) bond motifs is 1. The van der Waals surface area contributed by atoms with Gasteiger partial charge in [-0.15, -0.1) is 11.3 Å². The molecule has 6 nitrogen and oxygen atoms in total. The maximum atomic E-state index is 13.1. The third-order valence-corrected chi connectivity index (χ3v) is 6.54. The van der Waals surface area contributed by atoms with Crippen LogP contribution in [0.3, 0.4) is 0 Å². The number of methoxy groups -OCH3 is 1. The molecule has 0 saturated carbocycles. The Labute approximate surface area is 185 Å². The van der Waals surface area contributed by atoms with E-state index < -0.39 is 6.04 Å². The van der Waals surface area contributed by atoms with Gasteiger partial charge in [-0.05, 0) is 55.7 Å². The summed E-state index contributed by atoms with van der Waals surface area (Å²) in [6.07, 6.45) is 4.99. The van der Waals surface area contributed by atoms with E-state index in [0.717, 1.165) is 39.4 Å². The Balaban J connectivity index is 1.39. The second-order valence-electron chi connectivity index (χ2n) is 7.55. The molecule has 4 rings (SSSR count). The monoisotopic (exact) mass is 435 g/mol. The molecule has 1 aliphatic rings. The number of hydrogen-bond donors (Lipinski definition) is 1. The fraction of sp³-hybridized carbons (Fsp3) is 0.292. The van der Waals surface area contributed by atoms with Gasteiger partial charge in [0.1, 0.15) is 16.8 Å². The third-order valence-electron chi connectivity index (χ3n) is 5.40. The average Bonchev–Trinajstić information content (AvgIpc) is 3.44. The van der Waals surface area contributed by atoms with Crippen molar-refractivity contribution in [3.63, 3.8) is 0 Å². The molecule has 2 heterocycles. The Bertz CT molecular complexity index is 1070. The standard InChI is InChI=1S/C24H25N3O3S/c1-16(25-22(28)14-11-17-9-12-18(30-2)13-10-17)24(29)27-15-5-7-20(27)23-26-19-6-3-4-8-21(19)31-23/h3-4,6,8-14,16,20H,5,7,15H2,1-2H3,(H,25,28)/b14-11+. The van der Waals surface area contributed by atoms with Crippen LogP contribution >= 0.6 is 11.3 Å². The van der Waals surface area contributed by atoms with Crippen LogP contribution in [0.15, 0.2) is 54.6 Å². The Morgan fingerprint density at radius 2 is 2.00 bits per heavy atom. The minimum atomic E-state index is -0.608. The van der Waals surface area contributed by atoms with Crippen LogP contribution in [0.1, 0.15) is 36.4 Å². The summed E-state index contributed by atoms with van der Waals surface area (Å²) >= 11 is 1.64. The molecule has 2 amide bonds. The zero-order chi connectivity index (χ0) is 21.8. The molecular weight excluding hydrogens is 410 g/mol. The first-order valence-corrected chi connectivity index (χ1v) is 11.2. The molecule has 7 heteroatoms. The van der Waals surface area contributed by atoms with Crippen molar-refractivity contribution in [3.8, 4) is 5.75 Å². The normalized spacial score (nSPS) is 17.2. The van der Waals surface area contributed by atoms with Crippen LogP contribution in [0.5, 0.6) is 5.75 Å². The highest BCUT2D eigenvalue weighted by atomic mass is 32.1. The van der Waals surface area contributed by atoms with Crippen molar-refractivity contribution in [2.75, 3.05) is 13.7 Å². The molecule has 1 aliphatic heterocycles. The first-order valence-electron chi connectivity index (χ1n) is 10.3. The van der Waals surface area contributed by atoms with Gasteiger partial charge in [0.15, 0.2) is 0 Å². The largest absolute Gasteiger partial charge is 0.497 e. The van der Waals surface area contributed by atoms with E-state index in [1.54, 1.807) is 31.4 Å². The van der Waals surface area contributed by atoms with Gasteiger partial charge < -0.3 is 15.0 Å². The van der Waals surface area contributed by atoms with E-state index in [2.05, 4.69) is 11.4 Å². The molecule has 0 spiro atoms. The average molecular weight is 436 g/mol. The Morgan fingerprint density at radius 3 is 2.74 bits per heavy atom. The number of aromatic nitrogens is 1. The first-order chi connectivity index (χ1) is 15.0. The number of nitrogens with one attached hydrogen (secondary N) is 1. The third kappa shape index (κ3) is 4.77. The van der Waals surface area contributed by atoms with E-state index in [0.29, 0.717) is 6.54 Å². The molecule has 0 radical (unpaired) electrons. The van der Waals surface area contributed by atoms with Gasteiger partial charge >= 0.3 is 0 Å². The van der Waals surface area contributed by atoms with Crippen LogP contribution in [0.4, 0.5) is 0 Å². The lowest BCUT2D eigenvalue weighted by Gasteiger charge is -2.26. The SMILES string of the molecule is COc1ccc(/C=C/C(=O)NC(C)C(=O)N2CCCC2c2nc3ccccc3s2)cc1. The van der Waals surface area contributed by atoms with Crippen LogP contribution in [0.25, 0.3) is 16.3 Å². The first kappa shape index (κ1) is 21.1. The molecule has 1 fully saturated rings. The van der Waals surface area contributed by atoms with E-state index >= 15 is 0 Å². The van der Waals surface area contributed by atoms with Crippen molar-refractivity contribution in [2.24, 2.45) is 0 Å². The molecule has 160 valence electrons. The summed E-state index contributed by atoms with van der Waals surface area (Å²) in [4.78, 5) is 32.0. The van der Waals surface area contributed by atoms with Gasteiger partial charge in [-0.2, -0.15) is 0 Å². The lowest BCUT2D eigenvalue weighted by atomic mass is 10.2. The minimum Gasteiger partial charge on any atom is -0.497 e. The summed E-state index contributed by atoms with van der Waals surface area (Å²) in [5.41, 5.74) is 1.84. The highest BCUT2D eigenvalue weighted by Crippen LogP contribution is 2.36. The lowest BCUT2D eigenvalue weighted by molar-refractivity contribution is -0.136. The van der Waals surface area contributed by atoms with Crippen LogP contribution in [0.2, 0.25) is 0 Å². The zero-order valence-electron chi connectivity index (χ0n) is 17.6. The number of rotatable bonds is 6. The van der Waals surface area contributed by atoms with Gasteiger partial charge in [-0.25, -0.2) is 4.98 Å². The van der Waals surface area contributed by atoms with Gasteiger partial charge in [0.05, 0.1) is 23.4 Å². The number of carbonyl (C=O) groups excluding carboxylic acids is 2. The van der Waals surface area contributed by atoms with Crippen LogP contribution in [0, 0.1) is 0 Å². The van der Waals surface area contributed by atoms with Gasteiger partial charge in [0.2, 0.25) is 11.8 Å². The van der Waals surface area contributed by atoms with Crippen molar-refractivity contribution >= 4 is 39.4 Å². The summed E-state index contributed by atoms with van der Waals surface area (Å²) in [5.74, 6) is 0.384. The highest BCUT2D eigenvalue weighted by molar-refractivity contribution is 7.18. The molecule has 0 aliphatic carbocycles. The molecule has 0 bridgehead atoms. The van der Waals surface area contributed by atoms with Gasteiger partial charge in [-0.1, -0.05) is 24.3 Å². The summed E-state index contributed by atoms with van der Waals surface area (Å²) in [7, 11) is 1.61. The number of benzene rings is 2. The number of nitrogens with zero attached hydrogens (tertiary/aromatic N) is 2. The highest BCUT2D eigenvalue weighted by Gasteiger charge is 2.34. The fourth-order valence-corrected chi connectivity index (χ4v) is 4.89. The smallest absolute Gasteiger partial charge is 0.245 e. The number of ether oxygens (including phenoxy) is 1. The number of thiazole rings is 1. The maximum absolute atomic E-state index is 13.1. The summed E-state index contributed by atoms with van der Waals surface area (Å²) < 4.78 is 6.26. The topological polar surface area (TPSA) is 71.5 Å². The quantitative estimate of drug-likeness (QED) is 0.590. The molecule has 2 atom stereocenters. The second-order valence-corrected chi connectivity index (χ2v) is 8.61. The number of para-hydroxylation sites is 1. The summed E-state index contributed by atoms with van der Waals surface area (Å²) in [5, 5.41) is 3.75. The maximum Gasteiger partial charge on any atom is 0.245 e. The molecule has 2 aromatic carbocycles. The van der Waals surface area contributed by atoms with E-state index in [1.807, 2.05) is 47.4 Å². The van der Waals surface area contributed by atoms with E-state index in [1.165, 1.54) is 6.08 Å². The number of amides is 2. The molecule has 1 aromatic heterocycles. The van der Waals surface area contributed by atoms with Crippen molar-refractivity contribution in [1.29, 1.82) is 0 Å². The molecule has 1 N–H and O–H groups in total. The van der Waals surface area contributed by atoms with Gasteiger partial charge in [-0.3, -0.25) is 9.59 Å². The summed E-state index contributed by atoms with van der Waals surface area (Å²) in [6, 6.07) is 14.8. The molecule has 2 unspecified atom stereocenters. The lowest BCUT2D eigenvalue weighted by Crippen LogP contribution is -2.46. The minimum absolute atomic E-state index is 0.0286. The number of likely N-dealkylation sites (tertiary alicyclic amines) is 1. The van der Waals surface area contributed by atoms with Crippen LogP contribution < -0.4 is 10.1 Å². The van der Waals surface area contributed by atoms with Crippen LogP contribution in [-0.4, -0.2) is 41.4 Å². The van der Waals surface area contributed by atoms with E-state index in [4.69, 9.17) is 9.72 Å². The molecule has 1 saturated heterocycles. The van der Waals surface area contributed by atoms with Crippen molar-refractivity contribution < 1.29 is 14.3 Å². The van der Waals surface area contributed by atoms with E-state index in [-0.39, 0.29) is 17.9 Å². The summed E-state index contributed by atoms with van der Waals surface area (Å²) in [6.45, 7) is 2.41. The molecule has 3 aromatic rings. The van der Waals surface area contributed by atoms with Crippen LogP contribution in [-0.2, 0) is 9.59 Å². The van der Waals surface area contributed by atoms with E-state index in [9.17, 15) is 9.59 Å². The molecular formula is C24H25N3O3S.